The number of rotatable bonds is 2. The van der Waals surface area contributed by atoms with Crippen molar-refractivity contribution in [1.82, 2.24) is 0 Å². The van der Waals surface area contributed by atoms with Crippen LogP contribution in [0.15, 0.2) is 0 Å². The number of halogens is 3. The predicted molar refractivity (Wildman–Crippen MR) is 24.2 cm³/mol. The van der Waals surface area contributed by atoms with Crippen LogP contribution in [0.4, 0.5) is 13.2 Å². The molecule has 0 fully saturated rings. The van der Waals surface area contributed by atoms with E-state index in [-0.39, 0.29) is 0 Å². The molecule has 0 aliphatic heterocycles. The van der Waals surface area contributed by atoms with Crippen LogP contribution in [-0.2, 0) is 9.53 Å². The molecular formula is C4H5F3O3. The van der Waals surface area contributed by atoms with Crippen molar-refractivity contribution in [3.05, 3.63) is 0 Å². The second kappa shape index (κ2) is 2.87. The summed E-state index contributed by atoms with van der Waals surface area (Å²) in [6.07, 6.45) is -6.72. The number of ether oxygens (including phenoxy) is 1. The zero-order chi connectivity index (χ0) is 8.36. The van der Waals surface area contributed by atoms with E-state index in [9.17, 15) is 18.0 Å². The maximum atomic E-state index is 11.2. The number of carboxylic acid groups (broad SMARTS) is 1. The van der Waals surface area contributed by atoms with Crippen LogP contribution < -0.4 is 0 Å². The minimum Gasteiger partial charge on any atom is -0.479 e. The number of hydrogen-bond donors (Lipinski definition) is 1. The first-order valence-corrected chi connectivity index (χ1v) is 2.30. The van der Waals surface area contributed by atoms with Gasteiger partial charge in [-0.05, 0) is 6.92 Å². The standard InChI is InChI=1S/C4H5F3O3/c1-2(3(8)9)10-4(5,6)7/h2H,1H3,(H,8,9)/t2-/m1/s1. The van der Waals surface area contributed by atoms with Crippen molar-refractivity contribution in [2.45, 2.75) is 19.4 Å². The highest BCUT2D eigenvalue weighted by Gasteiger charge is 2.34. The van der Waals surface area contributed by atoms with Crippen LogP contribution >= 0.6 is 0 Å². The lowest BCUT2D eigenvalue weighted by Crippen LogP contribution is -2.27. The van der Waals surface area contributed by atoms with Crippen LogP contribution in [0.25, 0.3) is 0 Å². The zero-order valence-corrected chi connectivity index (χ0v) is 4.97. The summed E-state index contributed by atoms with van der Waals surface area (Å²) >= 11 is 0. The van der Waals surface area contributed by atoms with E-state index in [1.54, 1.807) is 0 Å². The smallest absolute Gasteiger partial charge is 0.479 e. The third-order valence-corrected chi connectivity index (χ3v) is 0.658. The molecule has 0 spiro atoms. The Bertz CT molecular complexity index is 130. The lowest BCUT2D eigenvalue weighted by Gasteiger charge is -2.09. The minimum atomic E-state index is -4.88. The van der Waals surface area contributed by atoms with Crippen LogP contribution in [0.1, 0.15) is 6.92 Å². The number of hydrogen-bond acceptors (Lipinski definition) is 2. The summed E-state index contributed by atoms with van der Waals surface area (Å²) in [6.45, 7) is 0.801. The molecule has 0 saturated heterocycles. The first kappa shape index (κ1) is 9.22. The molecule has 0 saturated carbocycles. The summed E-state index contributed by atoms with van der Waals surface area (Å²) < 4.78 is 36.6. The van der Waals surface area contributed by atoms with E-state index in [4.69, 9.17) is 5.11 Å². The van der Waals surface area contributed by atoms with E-state index < -0.39 is 18.4 Å². The summed E-state index contributed by atoms with van der Waals surface area (Å²) in [6, 6.07) is 0. The average molecular weight is 158 g/mol. The fraction of sp³-hybridized carbons (Fsp3) is 0.750. The summed E-state index contributed by atoms with van der Waals surface area (Å²) in [5, 5.41) is 7.92. The molecule has 10 heavy (non-hydrogen) atoms. The van der Waals surface area contributed by atoms with Crippen molar-refractivity contribution in [3.8, 4) is 0 Å². The van der Waals surface area contributed by atoms with Crippen LogP contribution in [0.2, 0.25) is 0 Å². The summed E-state index contributed by atoms with van der Waals surface area (Å²) in [5.41, 5.74) is 0. The first-order valence-electron chi connectivity index (χ1n) is 2.30. The molecule has 0 amide bonds. The molecule has 0 heterocycles. The van der Waals surface area contributed by atoms with Gasteiger partial charge in [0.15, 0.2) is 6.10 Å². The largest absolute Gasteiger partial charge is 0.523 e. The van der Waals surface area contributed by atoms with Gasteiger partial charge >= 0.3 is 12.3 Å². The Morgan fingerprint density at radius 2 is 2.00 bits per heavy atom. The molecule has 0 radical (unpaired) electrons. The Kier molecular flexibility index (Phi) is 2.65. The molecule has 0 unspecified atom stereocenters. The second-order valence-electron chi connectivity index (χ2n) is 1.54. The minimum absolute atomic E-state index is 0.801. The molecule has 0 bridgehead atoms. The lowest BCUT2D eigenvalue weighted by atomic mass is 10.4. The Labute approximate surface area is 54.4 Å². The maximum absolute atomic E-state index is 11.2. The van der Waals surface area contributed by atoms with Crippen molar-refractivity contribution in [3.63, 3.8) is 0 Å². The van der Waals surface area contributed by atoms with Gasteiger partial charge in [0.25, 0.3) is 0 Å². The highest BCUT2D eigenvalue weighted by molar-refractivity contribution is 5.71. The van der Waals surface area contributed by atoms with Gasteiger partial charge in [-0.1, -0.05) is 0 Å². The van der Waals surface area contributed by atoms with Crippen LogP contribution in [-0.4, -0.2) is 23.5 Å². The molecule has 3 nitrogen and oxygen atoms in total. The van der Waals surface area contributed by atoms with Crippen LogP contribution in [0.5, 0.6) is 0 Å². The summed E-state index contributed by atoms with van der Waals surface area (Å²) in [4.78, 5) is 9.75. The Hall–Kier alpha value is -0.780. The van der Waals surface area contributed by atoms with Crippen LogP contribution in [0, 0.1) is 0 Å². The molecule has 1 atom stereocenters. The Balaban J connectivity index is 3.80. The van der Waals surface area contributed by atoms with E-state index in [2.05, 4.69) is 4.74 Å². The van der Waals surface area contributed by atoms with Gasteiger partial charge in [-0.15, -0.1) is 13.2 Å². The number of carbonyl (C=O) groups is 1. The SMILES string of the molecule is C[C@@H](OC(F)(F)F)C(=O)O. The predicted octanol–water partition coefficient (Wildman–Crippen LogP) is 0.996. The molecule has 0 aromatic heterocycles. The fourth-order valence-corrected chi connectivity index (χ4v) is 0.251. The highest BCUT2D eigenvalue weighted by atomic mass is 19.4. The van der Waals surface area contributed by atoms with Crippen molar-refractivity contribution in [1.29, 1.82) is 0 Å². The molecule has 0 aliphatic rings. The topological polar surface area (TPSA) is 46.5 Å². The molecule has 0 aliphatic carbocycles. The highest BCUT2D eigenvalue weighted by Crippen LogP contribution is 2.18. The van der Waals surface area contributed by atoms with Gasteiger partial charge in [-0.2, -0.15) is 0 Å². The third-order valence-electron chi connectivity index (χ3n) is 0.658. The normalized spacial score (nSPS) is 14.8. The van der Waals surface area contributed by atoms with Gasteiger partial charge < -0.3 is 5.11 Å². The quantitative estimate of drug-likeness (QED) is 0.651. The van der Waals surface area contributed by atoms with Crippen molar-refractivity contribution in [2.75, 3.05) is 0 Å². The van der Waals surface area contributed by atoms with E-state index in [1.807, 2.05) is 0 Å². The van der Waals surface area contributed by atoms with E-state index in [0.717, 1.165) is 6.92 Å². The first-order chi connectivity index (χ1) is 4.33. The molecule has 60 valence electrons. The molecular weight excluding hydrogens is 153 g/mol. The Morgan fingerprint density at radius 3 is 2.10 bits per heavy atom. The van der Waals surface area contributed by atoms with Gasteiger partial charge in [-0.25, -0.2) is 4.79 Å². The molecule has 0 aromatic rings. The van der Waals surface area contributed by atoms with Gasteiger partial charge in [0, 0.05) is 0 Å². The zero-order valence-electron chi connectivity index (χ0n) is 4.97. The van der Waals surface area contributed by atoms with E-state index in [0.29, 0.717) is 0 Å². The third kappa shape index (κ3) is 4.13. The summed E-state index contributed by atoms with van der Waals surface area (Å²) in [7, 11) is 0. The van der Waals surface area contributed by atoms with Gasteiger partial charge in [-0.3, -0.25) is 4.74 Å². The van der Waals surface area contributed by atoms with Gasteiger partial charge in [0.2, 0.25) is 0 Å². The second-order valence-corrected chi connectivity index (χ2v) is 1.54. The van der Waals surface area contributed by atoms with Crippen molar-refractivity contribution >= 4 is 5.97 Å². The lowest BCUT2D eigenvalue weighted by molar-refractivity contribution is -0.337. The molecule has 0 aromatic carbocycles. The summed E-state index contributed by atoms with van der Waals surface area (Å²) in [5.74, 6) is -1.64. The molecule has 0 rings (SSSR count). The number of carboxylic acids is 1. The van der Waals surface area contributed by atoms with Gasteiger partial charge in [0.1, 0.15) is 0 Å². The number of alkyl halides is 3. The Morgan fingerprint density at radius 1 is 1.60 bits per heavy atom. The molecule has 1 N–H and O–H groups in total. The maximum Gasteiger partial charge on any atom is 0.523 e. The molecule has 6 heteroatoms. The van der Waals surface area contributed by atoms with Crippen molar-refractivity contribution in [2.24, 2.45) is 0 Å². The number of aliphatic carboxylic acids is 1. The van der Waals surface area contributed by atoms with Gasteiger partial charge in [0.05, 0.1) is 0 Å². The average Bonchev–Trinajstić information content (AvgIpc) is 1.60. The monoisotopic (exact) mass is 158 g/mol. The van der Waals surface area contributed by atoms with Crippen molar-refractivity contribution < 1.29 is 27.8 Å². The fourth-order valence-electron chi connectivity index (χ4n) is 0.251. The van der Waals surface area contributed by atoms with E-state index >= 15 is 0 Å². The van der Waals surface area contributed by atoms with Crippen LogP contribution in [0.3, 0.4) is 0 Å². The van der Waals surface area contributed by atoms with E-state index in [1.165, 1.54) is 0 Å².